The first kappa shape index (κ1) is 29.5. The van der Waals surface area contributed by atoms with Gasteiger partial charge in [0.05, 0.1) is 19.6 Å². The van der Waals surface area contributed by atoms with Gasteiger partial charge >= 0.3 is 0 Å². The Hall–Kier alpha value is -4.02. The Bertz CT molecular complexity index is 1430. The normalized spacial score (nSPS) is 17.3. The van der Waals surface area contributed by atoms with Gasteiger partial charge in [0.2, 0.25) is 19.7 Å². The van der Waals surface area contributed by atoms with Crippen molar-refractivity contribution in [2.75, 3.05) is 47.4 Å². The molecule has 0 spiro atoms. The zero-order chi connectivity index (χ0) is 29.4. The summed E-state index contributed by atoms with van der Waals surface area (Å²) in [6.45, 7) is 2.98. The monoisotopic (exact) mass is 604 g/mol. The van der Waals surface area contributed by atoms with Crippen LogP contribution in [0.1, 0.15) is 25.7 Å². The second-order valence-electron chi connectivity index (χ2n) is 10.2. The topological polar surface area (TPSA) is 116 Å². The van der Waals surface area contributed by atoms with E-state index >= 15 is 0 Å². The van der Waals surface area contributed by atoms with Crippen molar-refractivity contribution in [1.29, 1.82) is 0 Å². The van der Waals surface area contributed by atoms with Crippen LogP contribution in [0.15, 0.2) is 117 Å². The summed E-state index contributed by atoms with van der Waals surface area (Å²) in [5.41, 5.74) is 3.45. The average molecular weight is 605 g/mol. The minimum Gasteiger partial charge on any atom is -0.385 e. The van der Waals surface area contributed by atoms with Gasteiger partial charge < -0.3 is 21.3 Å². The molecule has 10 heteroatoms. The van der Waals surface area contributed by atoms with Crippen molar-refractivity contribution in [1.82, 2.24) is 0 Å². The van der Waals surface area contributed by atoms with Gasteiger partial charge in [0.15, 0.2) is 0 Å². The molecule has 11 rings (SSSR count). The molecule has 4 N–H and O–H groups in total. The van der Waals surface area contributed by atoms with Gasteiger partial charge in [-0.05, 0) is 123 Å². The van der Waals surface area contributed by atoms with Crippen LogP contribution in [0.25, 0.3) is 0 Å². The number of hydrogen-bond acceptors (Lipinski definition) is 8. The summed E-state index contributed by atoms with van der Waals surface area (Å²) >= 11 is 0. The molecule has 4 aromatic carbocycles. The number of anilines is 4. The summed E-state index contributed by atoms with van der Waals surface area (Å²) in [5, 5.41) is 13.4. The highest BCUT2D eigenvalue weighted by Crippen LogP contribution is 2.25. The maximum Gasteiger partial charge on any atom is 0.206 e. The van der Waals surface area contributed by atoms with E-state index in [-0.39, 0.29) is 19.6 Å². The lowest BCUT2D eigenvalue weighted by Gasteiger charge is -2.11. The maximum atomic E-state index is 13.1. The molecule has 4 aromatic rings. The van der Waals surface area contributed by atoms with E-state index in [2.05, 4.69) is 21.3 Å². The molecule has 7 heterocycles. The molecule has 0 radical (unpaired) electrons. The molecule has 0 amide bonds. The van der Waals surface area contributed by atoms with Gasteiger partial charge in [-0.15, -0.1) is 0 Å². The molecular formula is C32H36N4O4S2. The van der Waals surface area contributed by atoms with E-state index in [9.17, 15) is 16.8 Å². The van der Waals surface area contributed by atoms with Crippen molar-refractivity contribution >= 4 is 42.4 Å². The van der Waals surface area contributed by atoms with Crippen molar-refractivity contribution in [3.63, 3.8) is 0 Å². The number of rotatable bonds is 0. The lowest BCUT2D eigenvalue weighted by Crippen LogP contribution is -2.08. The Balaban J connectivity index is 1.27. The van der Waals surface area contributed by atoms with Crippen LogP contribution in [0.2, 0.25) is 0 Å². The standard InChI is InChI=1S/C32H36N4O4S2/c37-41(38)29-13-5-25(6-14-29)33-21-1-2-22-34-26-7-15-30(16-8-26)42(39,40)32-19-11-28(12-20-32)36-24-4-3-23-35-27-9-17-31(41)18-10-27/h5-20,33-36H,1-4,21-24H2. The van der Waals surface area contributed by atoms with Crippen molar-refractivity contribution in [3.8, 4) is 0 Å². The summed E-state index contributed by atoms with van der Waals surface area (Å²) in [7, 11) is -7.20. The quantitative estimate of drug-likeness (QED) is 0.186. The largest absolute Gasteiger partial charge is 0.385 e. The Morgan fingerprint density at radius 1 is 0.333 bits per heavy atom. The molecule has 0 aromatic heterocycles. The number of benzene rings is 4. The summed E-state index contributed by atoms with van der Waals surface area (Å²) in [5.74, 6) is 0. The Labute approximate surface area is 248 Å². The fourth-order valence-corrected chi connectivity index (χ4v) is 7.23. The van der Waals surface area contributed by atoms with Crippen molar-refractivity contribution in [2.45, 2.75) is 45.3 Å². The van der Waals surface area contributed by atoms with Crippen molar-refractivity contribution in [3.05, 3.63) is 97.1 Å². The molecule has 7 aliphatic heterocycles. The van der Waals surface area contributed by atoms with Crippen LogP contribution in [0.5, 0.6) is 0 Å². The molecule has 0 unspecified atom stereocenters. The summed E-state index contributed by atoms with van der Waals surface area (Å²) in [6.07, 6.45) is 3.63. The van der Waals surface area contributed by atoms with Crippen LogP contribution in [0.3, 0.4) is 0 Å². The molecule has 0 saturated heterocycles. The van der Waals surface area contributed by atoms with Crippen LogP contribution in [0.4, 0.5) is 22.7 Å². The first-order chi connectivity index (χ1) is 20.3. The van der Waals surface area contributed by atoms with Gasteiger partial charge in [-0.1, -0.05) is 0 Å². The second-order valence-corrected chi connectivity index (χ2v) is 14.1. The minimum absolute atomic E-state index is 0.263. The number of hydrogen-bond donors (Lipinski definition) is 4. The molecule has 0 saturated carbocycles. The Kier molecular flexibility index (Phi) is 9.34. The van der Waals surface area contributed by atoms with Crippen molar-refractivity contribution in [2.24, 2.45) is 0 Å². The minimum atomic E-state index is -3.60. The predicted octanol–water partition coefficient (Wildman–Crippen LogP) is 6.27. The van der Waals surface area contributed by atoms with Gasteiger partial charge in [-0.25, -0.2) is 16.8 Å². The zero-order valence-electron chi connectivity index (χ0n) is 23.3. The maximum absolute atomic E-state index is 13.1. The van der Waals surface area contributed by atoms with Gasteiger partial charge in [-0.3, -0.25) is 0 Å². The molecule has 8 nitrogen and oxygen atoms in total. The fraction of sp³-hybridized carbons (Fsp3) is 0.250. The first-order valence-electron chi connectivity index (χ1n) is 14.2. The van der Waals surface area contributed by atoms with Crippen LogP contribution >= 0.6 is 0 Å². The smallest absolute Gasteiger partial charge is 0.206 e. The van der Waals surface area contributed by atoms with E-state index < -0.39 is 19.7 Å². The van der Waals surface area contributed by atoms with Gasteiger partial charge in [-0.2, -0.15) is 0 Å². The van der Waals surface area contributed by atoms with Gasteiger partial charge in [0, 0.05) is 48.9 Å². The van der Waals surface area contributed by atoms with E-state index in [4.69, 9.17) is 0 Å². The third kappa shape index (κ3) is 7.24. The molecule has 8 bridgehead atoms. The van der Waals surface area contributed by atoms with Crippen LogP contribution in [-0.2, 0) is 19.7 Å². The Morgan fingerprint density at radius 3 is 0.714 bits per heavy atom. The fourth-order valence-electron chi connectivity index (χ4n) is 4.71. The molecule has 0 atom stereocenters. The molecule has 7 aliphatic rings. The van der Waals surface area contributed by atoms with Crippen LogP contribution in [-0.4, -0.2) is 43.0 Å². The van der Waals surface area contributed by atoms with E-state index in [1.165, 1.54) is 0 Å². The zero-order valence-corrected chi connectivity index (χ0v) is 25.0. The highest BCUT2D eigenvalue weighted by molar-refractivity contribution is 7.91. The molecular weight excluding hydrogens is 569 g/mol. The summed E-state index contributed by atoms with van der Waals surface area (Å²) < 4.78 is 52.5. The van der Waals surface area contributed by atoms with Gasteiger partial charge in [0.1, 0.15) is 0 Å². The van der Waals surface area contributed by atoms with E-state index in [0.29, 0.717) is 0 Å². The lowest BCUT2D eigenvalue weighted by molar-refractivity contribution is 0.594. The third-order valence-electron chi connectivity index (χ3n) is 7.18. The van der Waals surface area contributed by atoms with Crippen molar-refractivity contribution < 1.29 is 16.8 Å². The second kappa shape index (κ2) is 13.3. The lowest BCUT2D eigenvalue weighted by atomic mass is 10.2. The molecule has 220 valence electrons. The number of sulfone groups is 2. The Morgan fingerprint density at radius 2 is 0.524 bits per heavy atom. The highest BCUT2D eigenvalue weighted by atomic mass is 32.2. The van der Waals surface area contributed by atoms with Crippen LogP contribution in [0, 0.1) is 0 Å². The number of nitrogens with one attached hydrogen (secondary N) is 4. The molecule has 0 fully saturated rings. The molecule has 42 heavy (non-hydrogen) atoms. The molecule has 0 aliphatic carbocycles. The van der Waals surface area contributed by atoms with E-state index in [0.717, 1.165) is 74.6 Å². The first-order valence-corrected chi connectivity index (χ1v) is 17.1. The van der Waals surface area contributed by atoms with E-state index in [1.54, 1.807) is 97.1 Å². The predicted molar refractivity (Wildman–Crippen MR) is 169 cm³/mol. The van der Waals surface area contributed by atoms with Crippen LogP contribution < -0.4 is 21.3 Å². The highest BCUT2D eigenvalue weighted by Gasteiger charge is 2.18. The third-order valence-corrected chi connectivity index (χ3v) is 10.8. The summed E-state index contributed by atoms with van der Waals surface area (Å²) in [6, 6.07) is 27.4. The van der Waals surface area contributed by atoms with E-state index in [1.807, 2.05) is 0 Å². The summed E-state index contributed by atoms with van der Waals surface area (Å²) in [4.78, 5) is 1.05. The SMILES string of the molecule is O=S1(=O)c2ccc(cc2)NCCCCNc2ccc(cc2)S(=O)(=O)c2ccc(cc2)NCCCCNc2ccc1cc2. The average Bonchev–Trinajstić information content (AvgIpc) is 3.01. The van der Waals surface area contributed by atoms with Gasteiger partial charge in [0.25, 0.3) is 0 Å².